The average Bonchev–Trinajstić information content (AvgIpc) is 3.94. The Morgan fingerprint density at radius 2 is 1.26 bits per heavy atom. The Balaban J connectivity index is 0.00000574. The van der Waals surface area contributed by atoms with Crippen molar-refractivity contribution in [2.45, 2.75) is 52.4 Å². The summed E-state index contributed by atoms with van der Waals surface area (Å²) >= 11 is 0. The Labute approximate surface area is 419 Å². The predicted octanol–water partition coefficient (Wildman–Crippen LogP) is 15.2. The molecule has 1 aliphatic heterocycles. The van der Waals surface area contributed by atoms with Crippen molar-refractivity contribution in [1.82, 2.24) is 14.1 Å². The van der Waals surface area contributed by atoms with Crippen LogP contribution in [0.5, 0.6) is 11.5 Å². The molecule has 1 aliphatic rings. The van der Waals surface area contributed by atoms with Crippen LogP contribution in [0.4, 0.5) is 0 Å². The molecular formula is C62H48N4OPt-2. The standard InChI is InChI=1S/C62H48N4O.Pt/c1-61(2,3)41-34-35-63-57(36-41)66-54-30-13-12-23-47(54)48-33-32-44(38-56(48)66)67-43-21-14-20-42(37-43)64-39-65-59-52(27-16-29-53(59)62(4,5)6)50-26-15-25-45(40-18-8-7-9-19-40)58(50)49-24-11-10-22-46(49)51-28-17-31-55(64)60(51)65;/h7-36H,1-6H3;/q-2;/i7D,8D,9D,18D,19D;. The number of para-hydroxylation sites is 3. The number of pyridine rings is 1. The maximum absolute atomic E-state index is 9.15. The van der Waals surface area contributed by atoms with Crippen molar-refractivity contribution in [2.75, 3.05) is 0 Å². The summed E-state index contributed by atoms with van der Waals surface area (Å²) in [5.74, 6) is 1.86. The molecule has 8 aromatic carbocycles. The molecule has 6 heteroatoms. The molecule has 0 amide bonds. The summed E-state index contributed by atoms with van der Waals surface area (Å²) in [7, 11) is 0. The molecule has 11 aromatic rings. The van der Waals surface area contributed by atoms with Crippen LogP contribution in [0.25, 0.3) is 94.5 Å². The Morgan fingerprint density at radius 3 is 2.09 bits per heavy atom. The van der Waals surface area contributed by atoms with E-state index < -0.39 is 6.04 Å². The molecule has 0 aliphatic carbocycles. The number of benzene rings is 8. The molecule has 0 fully saturated rings. The van der Waals surface area contributed by atoms with E-state index in [9.17, 15) is 0 Å². The smallest absolute Gasteiger partial charge is 0.268 e. The number of nitrogens with zero attached hydrogens (tertiary/aromatic N) is 4. The zero-order valence-corrected chi connectivity index (χ0v) is 40.7. The van der Waals surface area contributed by atoms with Gasteiger partial charge in [-0.15, -0.1) is 29.7 Å². The number of aromatic nitrogens is 4. The van der Waals surface area contributed by atoms with E-state index in [1.54, 1.807) is 0 Å². The third-order valence-electron chi connectivity index (χ3n) is 13.0. The SMILES string of the molecule is [2H]c1c([2H])c([2H])c(-c2cccc3c2-c2ccccc2-c2cccc4c2[n+]([c-]n4-c2[c-]c(Oc4[c-]c5c(cc4)c4ccccc4n5-c4cc(C(C)(C)C)ccn4)ccc2)-c2c-3cccc2C(C)(C)C)c([2H])c1[2H].[Pt]. The van der Waals surface area contributed by atoms with Gasteiger partial charge in [0, 0.05) is 44.3 Å². The van der Waals surface area contributed by atoms with Gasteiger partial charge in [0.2, 0.25) is 0 Å². The molecule has 4 heterocycles. The first-order chi connectivity index (χ1) is 34.6. The molecule has 5 nitrogen and oxygen atoms in total. The van der Waals surface area contributed by atoms with E-state index in [0.717, 1.165) is 89.0 Å². The summed E-state index contributed by atoms with van der Waals surface area (Å²) in [6, 6.07) is 54.7. The number of fused-ring (bicyclic) bond motifs is 10. The van der Waals surface area contributed by atoms with Crippen LogP contribution in [0.3, 0.4) is 0 Å². The Bertz CT molecular complexity index is 4040. The van der Waals surface area contributed by atoms with E-state index in [2.05, 4.69) is 160 Å². The molecule has 68 heavy (non-hydrogen) atoms. The molecule has 0 saturated carbocycles. The fourth-order valence-corrected chi connectivity index (χ4v) is 9.84. The Kier molecular flexibility index (Phi) is 9.14. The van der Waals surface area contributed by atoms with Gasteiger partial charge in [0.15, 0.2) is 0 Å². The van der Waals surface area contributed by atoms with Gasteiger partial charge in [-0.1, -0.05) is 174 Å². The zero-order chi connectivity index (χ0) is 50.0. The maximum atomic E-state index is 9.15. The van der Waals surface area contributed by atoms with Crippen molar-refractivity contribution in [1.29, 1.82) is 0 Å². The van der Waals surface area contributed by atoms with Gasteiger partial charge >= 0.3 is 0 Å². The van der Waals surface area contributed by atoms with Crippen LogP contribution in [0, 0.1) is 18.5 Å². The van der Waals surface area contributed by atoms with Crippen LogP contribution in [0.15, 0.2) is 182 Å². The number of hydrogen-bond donors (Lipinski definition) is 0. The summed E-state index contributed by atoms with van der Waals surface area (Å²) < 4.78 is 57.2. The van der Waals surface area contributed by atoms with Gasteiger partial charge in [-0.25, -0.2) is 4.98 Å². The van der Waals surface area contributed by atoms with E-state index in [0.29, 0.717) is 17.1 Å². The number of hydrogen-bond acceptors (Lipinski definition) is 2. The minimum atomic E-state index is -0.426. The Morgan fingerprint density at radius 1 is 0.588 bits per heavy atom. The number of ether oxygens (including phenoxy) is 1. The molecular weight excluding hydrogens is 1010 g/mol. The second kappa shape index (κ2) is 16.5. The third-order valence-corrected chi connectivity index (χ3v) is 13.0. The quantitative estimate of drug-likeness (QED) is 0.127. The van der Waals surface area contributed by atoms with Gasteiger partial charge in [0.1, 0.15) is 5.82 Å². The summed E-state index contributed by atoms with van der Waals surface area (Å²) in [6.07, 6.45) is 5.71. The van der Waals surface area contributed by atoms with Gasteiger partial charge in [-0.2, -0.15) is 18.2 Å². The molecule has 0 saturated heterocycles. The van der Waals surface area contributed by atoms with Crippen molar-refractivity contribution in [3.8, 4) is 73.2 Å². The molecule has 334 valence electrons. The van der Waals surface area contributed by atoms with Crippen molar-refractivity contribution in [2.24, 2.45) is 0 Å². The summed E-state index contributed by atoms with van der Waals surface area (Å²) in [5.41, 5.74) is 13.1. The number of imidazole rings is 1. The zero-order valence-electron chi connectivity index (χ0n) is 43.4. The second-order valence-corrected chi connectivity index (χ2v) is 19.3. The first kappa shape index (κ1) is 37.7. The molecule has 12 rings (SSSR count). The minimum Gasteiger partial charge on any atom is -0.510 e. The monoisotopic (exact) mass is 1060 g/mol. The second-order valence-electron chi connectivity index (χ2n) is 19.3. The van der Waals surface area contributed by atoms with E-state index in [4.69, 9.17) is 16.6 Å². The molecule has 0 unspecified atom stereocenters. The van der Waals surface area contributed by atoms with Crippen molar-refractivity contribution in [3.63, 3.8) is 0 Å². The minimum absolute atomic E-state index is 0. The molecule has 3 aromatic heterocycles. The van der Waals surface area contributed by atoms with Gasteiger partial charge in [-0.3, -0.25) is 4.57 Å². The van der Waals surface area contributed by atoms with Gasteiger partial charge in [0.05, 0.1) is 23.6 Å². The van der Waals surface area contributed by atoms with Crippen LogP contribution in [-0.2, 0) is 31.9 Å². The van der Waals surface area contributed by atoms with Gasteiger partial charge in [0.25, 0.3) is 6.33 Å². The first-order valence-electron chi connectivity index (χ1n) is 25.1. The topological polar surface area (TPSA) is 35.9 Å². The molecule has 0 N–H and O–H groups in total. The summed E-state index contributed by atoms with van der Waals surface area (Å²) in [4.78, 5) is 4.86. The molecule has 0 radical (unpaired) electrons. The van der Waals surface area contributed by atoms with Crippen molar-refractivity contribution >= 4 is 32.8 Å². The summed E-state index contributed by atoms with van der Waals surface area (Å²) in [6.45, 7) is 13.2. The third kappa shape index (κ3) is 7.11. The van der Waals surface area contributed by atoms with Crippen LogP contribution < -0.4 is 9.30 Å². The van der Waals surface area contributed by atoms with E-state index >= 15 is 0 Å². The first-order valence-corrected chi connectivity index (χ1v) is 22.6. The molecule has 0 atom stereocenters. The summed E-state index contributed by atoms with van der Waals surface area (Å²) in [5, 5.41) is 2.15. The van der Waals surface area contributed by atoms with Crippen molar-refractivity contribution < 1.29 is 37.2 Å². The van der Waals surface area contributed by atoms with Crippen LogP contribution in [0.1, 0.15) is 59.5 Å². The van der Waals surface area contributed by atoms with E-state index in [1.165, 1.54) is 5.56 Å². The fraction of sp³-hybridized carbons (Fsp3) is 0.129. The predicted molar refractivity (Wildman–Crippen MR) is 273 cm³/mol. The van der Waals surface area contributed by atoms with Gasteiger partial charge in [-0.05, 0) is 95.7 Å². The van der Waals surface area contributed by atoms with Crippen molar-refractivity contribution in [3.05, 3.63) is 212 Å². The number of rotatable bonds is 5. The fourth-order valence-electron chi connectivity index (χ4n) is 9.84. The van der Waals surface area contributed by atoms with E-state index in [1.807, 2.05) is 65.4 Å². The van der Waals surface area contributed by atoms with Crippen LogP contribution >= 0.6 is 0 Å². The maximum Gasteiger partial charge on any atom is 0.268 e. The average molecular weight is 1070 g/mol. The normalized spacial score (nSPS) is 13.2. The van der Waals surface area contributed by atoms with Crippen LogP contribution in [-0.4, -0.2) is 14.1 Å². The van der Waals surface area contributed by atoms with Gasteiger partial charge < -0.3 is 13.9 Å². The molecule has 0 bridgehead atoms. The van der Waals surface area contributed by atoms with E-state index in [-0.39, 0.29) is 61.6 Å². The largest absolute Gasteiger partial charge is 0.510 e. The Hall–Kier alpha value is -7.33. The van der Waals surface area contributed by atoms with Crippen LogP contribution in [0.2, 0.25) is 0 Å². The molecule has 0 spiro atoms.